The standard InChI is InChI=1S/C21H27N3O/c1-18-7-6-10-20(15-18)23-11-13-24(14-12-23)21(25)17-22(2)16-19-8-4-3-5-9-19/h3-10,15H,11-14,16-17H2,1-2H3. The lowest BCUT2D eigenvalue weighted by atomic mass is 10.2. The van der Waals surface area contributed by atoms with Crippen LogP contribution >= 0.6 is 0 Å². The lowest BCUT2D eigenvalue weighted by Gasteiger charge is -2.37. The van der Waals surface area contributed by atoms with Crippen molar-refractivity contribution in [3.8, 4) is 0 Å². The topological polar surface area (TPSA) is 26.8 Å². The first kappa shape index (κ1) is 17.5. The Labute approximate surface area is 150 Å². The van der Waals surface area contributed by atoms with Gasteiger partial charge in [0.25, 0.3) is 0 Å². The van der Waals surface area contributed by atoms with Crippen LogP contribution in [0.1, 0.15) is 11.1 Å². The number of anilines is 1. The second-order valence-electron chi connectivity index (χ2n) is 6.86. The molecule has 0 N–H and O–H groups in total. The molecule has 2 aromatic carbocycles. The Bertz CT molecular complexity index is 693. The SMILES string of the molecule is Cc1cccc(N2CCN(C(=O)CN(C)Cc3ccccc3)CC2)c1. The molecule has 25 heavy (non-hydrogen) atoms. The number of rotatable bonds is 5. The molecule has 0 spiro atoms. The van der Waals surface area contributed by atoms with Crippen molar-refractivity contribution in [3.05, 3.63) is 65.7 Å². The van der Waals surface area contributed by atoms with Crippen LogP contribution in [0.4, 0.5) is 5.69 Å². The molecule has 0 radical (unpaired) electrons. The summed E-state index contributed by atoms with van der Waals surface area (Å²) in [4.78, 5) is 19.0. The first-order chi connectivity index (χ1) is 12.1. The number of benzene rings is 2. The summed E-state index contributed by atoms with van der Waals surface area (Å²) in [5, 5.41) is 0. The molecule has 4 nitrogen and oxygen atoms in total. The Hall–Kier alpha value is -2.33. The summed E-state index contributed by atoms with van der Waals surface area (Å²) in [5.41, 5.74) is 3.77. The Morgan fingerprint density at radius 3 is 2.40 bits per heavy atom. The van der Waals surface area contributed by atoms with Crippen molar-refractivity contribution >= 4 is 11.6 Å². The molecule has 1 fully saturated rings. The highest BCUT2D eigenvalue weighted by atomic mass is 16.2. The number of carbonyl (C=O) groups is 1. The second-order valence-corrected chi connectivity index (χ2v) is 6.86. The van der Waals surface area contributed by atoms with Gasteiger partial charge < -0.3 is 9.80 Å². The number of hydrogen-bond donors (Lipinski definition) is 0. The Balaban J connectivity index is 1.48. The summed E-state index contributed by atoms with van der Waals surface area (Å²) in [6, 6.07) is 18.9. The van der Waals surface area contributed by atoms with E-state index in [1.165, 1.54) is 16.8 Å². The van der Waals surface area contributed by atoms with Gasteiger partial charge in [-0.2, -0.15) is 0 Å². The largest absolute Gasteiger partial charge is 0.368 e. The van der Waals surface area contributed by atoms with Gasteiger partial charge in [-0.1, -0.05) is 42.5 Å². The van der Waals surface area contributed by atoms with E-state index < -0.39 is 0 Å². The van der Waals surface area contributed by atoms with E-state index in [2.05, 4.69) is 53.1 Å². The minimum absolute atomic E-state index is 0.224. The van der Waals surface area contributed by atoms with Gasteiger partial charge in [-0.25, -0.2) is 0 Å². The highest BCUT2D eigenvalue weighted by Gasteiger charge is 2.22. The number of carbonyl (C=O) groups excluding carboxylic acids is 1. The molecule has 1 saturated heterocycles. The molecule has 1 amide bonds. The van der Waals surface area contributed by atoms with E-state index >= 15 is 0 Å². The molecule has 1 aliphatic rings. The highest BCUT2D eigenvalue weighted by Crippen LogP contribution is 2.18. The van der Waals surface area contributed by atoms with Crippen molar-refractivity contribution in [2.24, 2.45) is 0 Å². The molecular formula is C21H27N3O. The predicted octanol–water partition coefficient (Wildman–Crippen LogP) is 2.78. The van der Waals surface area contributed by atoms with E-state index in [0.29, 0.717) is 6.54 Å². The molecule has 0 atom stereocenters. The van der Waals surface area contributed by atoms with Crippen LogP contribution in [0.25, 0.3) is 0 Å². The highest BCUT2D eigenvalue weighted by molar-refractivity contribution is 5.78. The summed E-state index contributed by atoms with van der Waals surface area (Å²) < 4.78 is 0. The normalized spacial score (nSPS) is 14.8. The zero-order chi connectivity index (χ0) is 17.6. The van der Waals surface area contributed by atoms with Gasteiger partial charge in [-0.15, -0.1) is 0 Å². The van der Waals surface area contributed by atoms with Crippen molar-refractivity contribution < 1.29 is 4.79 Å². The Morgan fingerprint density at radius 2 is 1.72 bits per heavy atom. The van der Waals surface area contributed by atoms with Crippen LogP contribution in [-0.2, 0) is 11.3 Å². The van der Waals surface area contributed by atoms with Gasteiger partial charge in [-0.05, 0) is 37.2 Å². The number of aryl methyl sites for hydroxylation is 1. The summed E-state index contributed by atoms with van der Waals surface area (Å²) in [5.74, 6) is 0.224. The molecule has 132 valence electrons. The molecule has 0 bridgehead atoms. The van der Waals surface area contributed by atoms with Crippen LogP contribution in [0.5, 0.6) is 0 Å². The van der Waals surface area contributed by atoms with E-state index in [0.717, 1.165) is 32.7 Å². The van der Waals surface area contributed by atoms with Crippen LogP contribution in [0, 0.1) is 6.92 Å². The molecule has 0 unspecified atom stereocenters. The van der Waals surface area contributed by atoms with Crippen LogP contribution in [0.2, 0.25) is 0 Å². The fraction of sp³-hybridized carbons (Fsp3) is 0.381. The van der Waals surface area contributed by atoms with Gasteiger partial charge in [0.05, 0.1) is 6.54 Å². The molecule has 0 aromatic heterocycles. The van der Waals surface area contributed by atoms with Crippen LogP contribution in [-0.4, -0.2) is 55.5 Å². The van der Waals surface area contributed by atoms with Crippen molar-refractivity contribution in [3.63, 3.8) is 0 Å². The fourth-order valence-corrected chi connectivity index (χ4v) is 3.32. The maximum atomic E-state index is 12.6. The summed E-state index contributed by atoms with van der Waals surface area (Å²) >= 11 is 0. The average molecular weight is 337 g/mol. The quantitative estimate of drug-likeness (QED) is 0.839. The number of piperazine rings is 1. The molecule has 2 aromatic rings. The number of hydrogen-bond acceptors (Lipinski definition) is 3. The van der Waals surface area contributed by atoms with E-state index in [1.807, 2.05) is 30.1 Å². The van der Waals surface area contributed by atoms with Crippen LogP contribution in [0.15, 0.2) is 54.6 Å². The Morgan fingerprint density at radius 1 is 1.00 bits per heavy atom. The summed E-state index contributed by atoms with van der Waals surface area (Å²) in [6.07, 6.45) is 0. The molecule has 3 rings (SSSR count). The van der Waals surface area contributed by atoms with E-state index in [4.69, 9.17) is 0 Å². The van der Waals surface area contributed by atoms with Gasteiger partial charge in [0, 0.05) is 38.4 Å². The number of likely N-dealkylation sites (N-methyl/N-ethyl adjacent to an activating group) is 1. The summed E-state index contributed by atoms with van der Waals surface area (Å²) in [6.45, 7) is 6.79. The first-order valence-electron chi connectivity index (χ1n) is 8.94. The molecular weight excluding hydrogens is 310 g/mol. The van der Waals surface area contributed by atoms with Crippen molar-refractivity contribution in [1.29, 1.82) is 0 Å². The molecule has 0 aliphatic carbocycles. The van der Waals surface area contributed by atoms with Gasteiger partial charge in [-0.3, -0.25) is 9.69 Å². The lowest BCUT2D eigenvalue weighted by Crippen LogP contribution is -2.51. The smallest absolute Gasteiger partial charge is 0.236 e. The maximum absolute atomic E-state index is 12.6. The fourth-order valence-electron chi connectivity index (χ4n) is 3.32. The third-order valence-electron chi connectivity index (χ3n) is 4.70. The zero-order valence-electron chi connectivity index (χ0n) is 15.2. The first-order valence-corrected chi connectivity index (χ1v) is 8.94. The van der Waals surface area contributed by atoms with Crippen molar-refractivity contribution in [2.75, 3.05) is 44.7 Å². The number of nitrogens with zero attached hydrogens (tertiary/aromatic N) is 3. The Kier molecular flexibility index (Phi) is 5.71. The molecule has 0 saturated carbocycles. The van der Waals surface area contributed by atoms with E-state index in [9.17, 15) is 4.79 Å². The third-order valence-corrected chi connectivity index (χ3v) is 4.70. The van der Waals surface area contributed by atoms with Gasteiger partial charge in [0.15, 0.2) is 0 Å². The summed E-state index contributed by atoms with van der Waals surface area (Å²) in [7, 11) is 2.01. The molecule has 1 aliphatic heterocycles. The van der Waals surface area contributed by atoms with Gasteiger partial charge in [0.1, 0.15) is 0 Å². The van der Waals surface area contributed by atoms with Gasteiger partial charge in [0.2, 0.25) is 5.91 Å². The average Bonchev–Trinajstić information content (AvgIpc) is 2.62. The minimum atomic E-state index is 0.224. The van der Waals surface area contributed by atoms with E-state index in [-0.39, 0.29) is 5.91 Å². The van der Waals surface area contributed by atoms with Crippen LogP contribution < -0.4 is 4.90 Å². The molecule has 1 heterocycles. The van der Waals surface area contributed by atoms with Crippen LogP contribution in [0.3, 0.4) is 0 Å². The molecule has 4 heteroatoms. The number of amides is 1. The second kappa shape index (κ2) is 8.17. The third kappa shape index (κ3) is 4.83. The minimum Gasteiger partial charge on any atom is -0.368 e. The monoisotopic (exact) mass is 337 g/mol. The predicted molar refractivity (Wildman–Crippen MR) is 103 cm³/mol. The van der Waals surface area contributed by atoms with Crippen molar-refractivity contribution in [1.82, 2.24) is 9.80 Å². The van der Waals surface area contributed by atoms with Crippen molar-refractivity contribution in [2.45, 2.75) is 13.5 Å². The maximum Gasteiger partial charge on any atom is 0.236 e. The lowest BCUT2D eigenvalue weighted by molar-refractivity contribution is -0.132. The van der Waals surface area contributed by atoms with Gasteiger partial charge >= 0.3 is 0 Å². The zero-order valence-corrected chi connectivity index (χ0v) is 15.2. The van der Waals surface area contributed by atoms with E-state index in [1.54, 1.807) is 0 Å².